The van der Waals surface area contributed by atoms with Gasteiger partial charge in [0.05, 0.1) is 22.1 Å². The van der Waals surface area contributed by atoms with Gasteiger partial charge in [-0.2, -0.15) is 0 Å². The topological polar surface area (TPSA) is 23.0 Å². The lowest BCUT2D eigenvalue weighted by Gasteiger charge is -2.12. The van der Waals surface area contributed by atoms with Crippen LogP contribution < -0.4 is 0 Å². The summed E-state index contributed by atoms with van der Waals surface area (Å²) in [4.78, 5) is 0. The third-order valence-corrected chi connectivity index (χ3v) is 10.7. The second kappa shape index (κ2) is 11.7. The standard InChI is InChI=1S/C50H32N2O/c1-4-16-33(17-5-1)46-42-27-15-26-38(50(42)53-49(46)34-18-6-2-7-19-34)35-20-14-23-37(32-35)52-43-28-12-10-24-39(43)40-30-31-45-47(48(40)52)41-25-11-13-29-44(41)51(45)36-21-8-3-9-22-36/h1-32H. The highest BCUT2D eigenvalue weighted by Crippen LogP contribution is 2.45. The number of rotatable bonds is 5. The van der Waals surface area contributed by atoms with Gasteiger partial charge in [0.2, 0.25) is 0 Å². The van der Waals surface area contributed by atoms with Gasteiger partial charge < -0.3 is 13.6 Å². The van der Waals surface area contributed by atoms with Crippen LogP contribution in [0.15, 0.2) is 199 Å². The second-order valence-electron chi connectivity index (χ2n) is 13.7. The number of nitrogens with zero attached hydrogens (tertiary/aromatic N) is 2. The van der Waals surface area contributed by atoms with Gasteiger partial charge in [0.1, 0.15) is 11.3 Å². The van der Waals surface area contributed by atoms with Crippen LogP contribution >= 0.6 is 0 Å². The summed E-state index contributed by atoms with van der Waals surface area (Å²) in [6.45, 7) is 0. The Morgan fingerprint density at radius 2 is 0.943 bits per heavy atom. The van der Waals surface area contributed by atoms with E-state index in [0.29, 0.717) is 0 Å². The molecule has 11 aromatic rings. The molecule has 248 valence electrons. The smallest absolute Gasteiger partial charge is 0.143 e. The first-order valence-electron chi connectivity index (χ1n) is 18.1. The van der Waals surface area contributed by atoms with E-state index < -0.39 is 0 Å². The number of para-hydroxylation sites is 4. The zero-order chi connectivity index (χ0) is 34.9. The molecule has 11 rings (SSSR count). The lowest BCUT2D eigenvalue weighted by molar-refractivity contribution is 0.633. The van der Waals surface area contributed by atoms with Crippen LogP contribution in [0.2, 0.25) is 0 Å². The minimum absolute atomic E-state index is 0.884. The summed E-state index contributed by atoms with van der Waals surface area (Å²) in [6, 6.07) is 69.4. The molecule has 0 unspecified atom stereocenters. The van der Waals surface area contributed by atoms with Crippen LogP contribution in [0, 0.1) is 0 Å². The summed E-state index contributed by atoms with van der Waals surface area (Å²) in [6.07, 6.45) is 0. The van der Waals surface area contributed by atoms with Gasteiger partial charge >= 0.3 is 0 Å². The summed E-state index contributed by atoms with van der Waals surface area (Å²) in [5.74, 6) is 0.884. The maximum atomic E-state index is 6.94. The van der Waals surface area contributed by atoms with Crippen molar-refractivity contribution >= 4 is 54.6 Å². The molecule has 0 amide bonds. The summed E-state index contributed by atoms with van der Waals surface area (Å²) in [5, 5.41) is 6.06. The van der Waals surface area contributed by atoms with Gasteiger partial charge in [-0.25, -0.2) is 0 Å². The number of hydrogen-bond acceptors (Lipinski definition) is 1. The first-order chi connectivity index (χ1) is 26.3. The van der Waals surface area contributed by atoms with Gasteiger partial charge in [-0.05, 0) is 53.6 Å². The maximum absolute atomic E-state index is 6.94. The first kappa shape index (κ1) is 29.6. The normalized spacial score (nSPS) is 11.8. The fourth-order valence-corrected chi connectivity index (χ4v) is 8.48. The Kier molecular flexibility index (Phi) is 6.55. The molecule has 0 bridgehead atoms. The Hall–Kier alpha value is -7.10. The molecule has 0 radical (unpaired) electrons. The minimum atomic E-state index is 0.884. The van der Waals surface area contributed by atoms with E-state index in [9.17, 15) is 0 Å². The lowest BCUT2D eigenvalue weighted by Crippen LogP contribution is -1.96. The Bertz CT molecular complexity index is 3150. The van der Waals surface area contributed by atoms with Crippen molar-refractivity contribution < 1.29 is 4.42 Å². The van der Waals surface area contributed by atoms with Gasteiger partial charge in [-0.1, -0.05) is 152 Å². The quantitative estimate of drug-likeness (QED) is 0.178. The van der Waals surface area contributed by atoms with Crippen LogP contribution in [0.3, 0.4) is 0 Å². The van der Waals surface area contributed by atoms with Crippen molar-refractivity contribution in [1.29, 1.82) is 0 Å². The highest BCUT2D eigenvalue weighted by molar-refractivity contribution is 6.26. The van der Waals surface area contributed by atoms with Crippen LogP contribution in [0.5, 0.6) is 0 Å². The lowest BCUT2D eigenvalue weighted by atomic mass is 9.96. The van der Waals surface area contributed by atoms with Crippen molar-refractivity contribution in [2.24, 2.45) is 0 Å². The molecule has 0 aliphatic heterocycles. The Labute approximate surface area is 306 Å². The Morgan fingerprint density at radius 1 is 0.358 bits per heavy atom. The first-order valence-corrected chi connectivity index (χ1v) is 18.1. The van der Waals surface area contributed by atoms with E-state index in [1.54, 1.807) is 0 Å². The minimum Gasteiger partial charge on any atom is -0.455 e. The molecular weight excluding hydrogens is 645 g/mol. The van der Waals surface area contributed by atoms with Crippen LogP contribution in [0.4, 0.5) is 0 Å². The molecule has 0 aliphatic carbocycles. The number of furan rings is 1. The van der Waals surface area contributed by atoms with Gasteiger partial charge in [-0.15, -0.1) is 0 Å². The van der Waals surface area contributed by atoms with Gasteiger partial charge in [-0.3, -0.25) is 0 Å². The predicted molar refractivity (Wildman–Crippen MR) is 221 cm³/mol. The average molecular weight is 677 g/mol. The molecular formula is C50H32N2O. The highest BCUT2D eigenvalue weighted by atomic mass is 16.3. The largest absolute Gasteiger partial charge is 0.455 e. The third kappa shape index (κ3) is 4.47. The fraction of sp³-hybridized carbons (Fsp3) is 0. The van der Waals surface area contributed by atoms with Crippen LogP contribution in [-0.4, -0.2) is 9.13 Å². The van der Waals surface area contributed by atoms with E-state index in [1.165, 1.54) is 43.6 Å². The van der Waals surface area contributed by atoms with Crippen molar-refractivity contribution in [3.8, 4) is 45.0 Å². The molecule has 0 atom stereocenters. The fourth-order valence-electron chi connectivity index (χ4n) is 8.48. The molecule has 0 aliphatic rings. The van der Waals surface area contributed by atoms with Crippen molar-refractivity contribution in [2.45, 2.75) is 0 Å². The summed E-state index contributed by atoms with van der Waals surface area (Å²) in [7, 11) is 0. The van der Waals surface area contributed by atoms with Crippen LogP contribution in [0.25, 0.3) is 99.5 Å². The number of benzene rings is 8. The molecule has 0 N–H and O–H groups in total. The molecule has 3 nitrogen and oxygen atoms in total. The molecule has 0 saturated heterocycles. The Balaban J connectivity index is 1.19. The van der Waals surface area contributed by atoms with Crippen molar-refractivity contribution in [1.82, 2.24) is 9.13 Å². The molecule has 3 aromatic heterocycles. The van der Waals surface area contributed by atoms with Gasteiger partial charge in [0.25, 0.3) is 0 Å². The average Bonchev–Trinajstić information content (AvgIpc) is 3.90. The van der Waals surface area contributed by atoms with E-state index in [4.69, 9.17) is 4.42 Å². The molecule has 0 spiro atoms. The van der Waals surface area contributed by atoms with E-state index >= 15 is 0 Å². The van der Waals surface area contributed by atoms with Crippen molar-refractivity contribution in [3.63, 3.8) is 0 Å². The highest BCUT2D eigenvalue weighted by Gasteiger charge is 2.23. The SMILES string of the molecule is c1ccc(-c2oc3c(-c4cccc(-n5c6ccccc6c6ccc7c(c8ccccc8n7-c7ccccc7)c65)c4)cccc3c2-c2ccccc2)cc1. The summed E-state index contributed by atoms with van der Waals surface area (Å²) < 4.78 is 11.8. The van der Waals surface area contributed by atoms with E-state index in [2.05, 4.69) is 197 Å². The second-order valence-corrected chi connectivity index (χ2v) is 13.7. The zero-order valence-electron chi connectivity index (χ0n) is 28.8. The third-order valence-electron chi connectivity index (χ3n) is 10.7. The Morgan fingerprint density at radius 3 is 1.72 bits per heavy atom. The number of fused-ring (bicyclic) bond motifs is 8. The summed E-state index contributed by atoms with van der Waals surface area (Å²) >= 11 is 0. The van der Waals surface area contributed by atoms with Crippen LogP contribution in [0.1, 0.15) is 0 Å². The number of aromatic nitrogens is 2. The van der Waals surface area contributed by atoms with Crippen molar-refractivity contribution in [2.75, 3.05) is 0 Å². The van der Waals surface area contributed by atoms with Crippen molar-refractivity contribution in [3.05, 3.63) is 194 Å². The molecule has 8 aromatic carbocycles. The van der Waals surface area contributed by atoms with E-state index in [0.717, 1.165) is 55.9 Å². The van der Waals surface area contributed by atoms with E-state index in [1.807, 2.05) is 6.07 Å². The molecule has 53 heavy (non-hydrogen) atoms. The van der Waals surface area contributed by atoms with E-state index in [-0.39, 0.29) is 0 Å². The molecule has 3 heterocycles. The molecule has 0 saturated carbocycles. The van der Waals surface area contributed by atoms with Crippen LogP contribution in [-0.2, 0) is 0 Å². The maximum Gasteiger partial charge on any atom is 0.143 e. The number of hydrogen-bond donors (Lipinski definition) is 0. The zero-order valence-corrected chi connectivity index (χ0v) is 28.8. The van der Waals surface area contributed by atoms with Gasteiger partial charge in [0.15, 0.2) is 0 Å². The van der Waals surface area contributed by atoms with Gasteiger partial charge in [0, 0.05) is 55.0 Å². The molecule has 0 fully saturated rings. The predicted octanol–water partition coefficient (Wildman–Crippen LogP) is 13.6. The monoisotopic (exact) mass is 676 g/mol. The summed E-state index contributed by atoms with van der Waals surface area (Å²) in [5.41, 5.74) is 13.4. The molecule has 3 heteroatoms.